The maximum Gasteiger partial charge on any atom is 0.229 e. The lowest BCUT2D eigenvalue weighted by Gasteiger charge is -2.31. The minimum absolute atomic E-state index is 0.0118. The zero-order valence-electron chi connectivity index (χ0n) is 16.0. The normalized spacial score (nSPS) is 27.0. The van der Waals surface area contributed by atoms with E-state index >= 15 is 0 Å². The Bertz CT molecular complexity index is 919. The first-order valence-corrected chi connectivity index (χ1v) is 10.0. The van der Waals surface area contributed by atoms with Crippen LogP contribution in [-0.4, -0.2) is 45.1 Å². The molecule has 0 bridgehead atoms. The maximum atomic E-state index is 13.2. The van der Waals surface area contributed by atoms with Gasteiger partial charge >= 0.3 is 0 Å². The highest BCUT2D eigenvalue weighted by molar-refractivity contribution is 5.87. The third kappa shape index (κ3) is 2.90. The molecule has 7 heteroatoms. The molecule has 3 atom stereocenters. The number of aromatic nitrogens is 2. The van der Waals surface area contributed by atoms with E-state index in [4.69, 9.17) is 0 Å². The van der Waals surface area contributed by atoms with Crippen LogP contribution in [0.2, 0.25) is 0 Å². The molecular formula is C21H25N5O2. The summed E-state index contributed by atoms with van der Waals surface area (Å²) in [5.41, 5.74) is 3.23. The highest BCUT2D eigenvalue weighted by Gasteiger charge is 2.49. The van der Waals surface area contributed by atoms with E-state index in [9.17, 15) is 9.59 Å². The van der Waals surface area contributed by atoms with Gasteiger partial charge in [-0.2, -0.15) is 5.10 Å². The SMILES string of the molecule is Cn1nccc1[C@@H]1[C@@H](NC(=O)C2CNCc3ccccc32)CC(=O)N1C1CC1. The highest BCUT2D eigenvalue weighted by Crippen LogP contribution is 2.42. The molecule has 2 fully saturated rings. The highest BCUT2D eigenvalue weighted by atomic mass is 16.2. The van der Waals surface area contributed by atoms with Crippen LogP contribution in [0.1, 0.15) is 48.0 Å². The predicted molar refractivity (Wildman–Crippen MR) is 103 cm³/mol. The van der Waals surface area contributed by atoms with Crippen molar-refractivity contribution < 1.29 is 9.59 Å². The summed E-state index contributed by atoms with van der Waals surface area (Å²) < 4.78 is 1.81. The van der Waals surface area contributed by atoms with Crippen molar-refractivity contribution in [1.82, 2.24) is 25.3 Å². The first kappa shape index (κ1) is 17.4. The Hall–Kier alpha value is -2.67. The number of fused-ring (bicyclic) bond motifs is 1. The van der Waals surface area contributed by atoms with Crippen LogP contribution in [0, 0.1) is 0 Å². The number of benzene rings is 1. The molecule has 28 heavy (non-hydrogen) atoms. The van der Waals surface area contributed by atoms with Crippen molar-refractivity contribution >= 4 is 11.8 Å². The second-order valence-electron chi connectivity index (χ2n) is 8.06. The molecule has 1 aromatic carbocycles. The van der Waals surface area contributed by atoms with Crippen molar-refractivity contribution in [1.29, 1.82) is 0 Å². The summed E-state index contributed by atoms with van der Waals surface area (Å²) in [6.45, 7) is 1.40. The van der Waals surface area contributed by atoms with E-state index in [-0.39, 0.29) is 29.8 Å². The molecule has 0 radical (unpaired) electrons. The third-order valence-electron chi connectivity index (χ3n) is 6.20. The van der Waals surface area contributed by atoms with Crippen molar-refractivity contribution in [3.63, 3.8) is 0 Å². The zero-order valence-corrected chi connectivity index (χ0v) is 16.0. The molecule has 1 aromatic heterocycles. The van der Waals surface area contributed by atoms with Gasteiger partial charge in [0, 0.05) is 38.8 Å². The van der Waals surface area contributed by atoms with Crippen LogP contribution in [0.25, 0.3) is 0 Å². The molecule has 146 valence electrons. The van der Waals surface area contributed by atoms with Gasteiger partial charge in [-0.1, -0.05) is 24.3 Å². The summed E-state index contributed by atoms with van der Waals surface area (Å²) in [5, 5.41) is 10.8. The number of hydrogen-bond donors (Lipinski definition) is 2. The summed E-state index contributed by atoms with van der Waals surface area (Å²) >= 11 is 0. The molecule has 5 rings (SSSR count). The zero-order chi connectivity index (χ0) is 19.3. The van der Waals surface area contributed by atoms with Crippen LogP contribution >= 0.6 is 0 Å². The van der Waals surface area contributed by atoms with E-state index < -0.39 is 0 Å². The molecule has 1 saturated carbocycles. The van der Waals surface area contributed by atoms with Crippen molar-refractivity contribution in [2.24, 2.45) is 7.05 Å². The minimum Gasteiger partial charge on any atom is -0.350 e. The Labute approximate surface area is 164 Å². The van der Waals surface area contributed by atoms with E-state index in [1.165, 1.54) is 5.56 Å². The fraction of sp³-hybridized carbons (Fsp3) is 0.476. The molecule has 2 N–H and O–H groups in total. The van der Waals surface area contributed by atoms with Gasteiger partial charge in [0.05, 0.1) is 23.7 Å². The Morgan fingerprint density at radius 2 is 2.07 bits per heavy atom. The Balaban J connectivity index is 1.42. The number of carbonyl (C=O) groups excluding carboxylic acids is 2. The molecule has 1 aliphatic carbocycles. The number of nitrogens with one attached hydrogen (secondary N) is 2. The molecule has 0 spiro atoms. The van der Waals surface area contributed by atoms with Gasteiger partial charge in [0.25, 0.3) is 0 Å². The number of nitrogens with zero attached hydrogens (tertiary/aromatic N) is 3. The number of amides is 2. The minimum atomic E-state index is -0.234. The van der Waals surface area contributed by atoms with Gasteiger partial charge in [-0.3, -0.25) is 14.3 Å². The fourth-order valence-corrected chi connectivity index (χ4v) is 4.70. The standard InChI is InChI=1S/C21H25N5O2/c1-25-18(8-9-23-25)20-17(10-19(27)26(20)14-6-7-14)24-21(28)16-12-22-11-13-4-2-3-5-15(13)16/h2-5,8-9,14,16-17,20,22H,6-7,10-12H2,1H3,(H,24,28)/t16?,17-,20-/m0/s1. The molecular weight excluding hydrogens is 354 g/mol. The average Bonchev–Trinajstić information content (AvgIpc) is 3.37. The molecule has 2 aliphatic heterocycles. The second kappa shape index (κ2) is 6.74. The topological polar surface area (TPSA) is 79.3 Å². The van der Waals surface area contributed by atoms with Crippen LogP contribution in [-0.2, 0) is 23.2 Å². The van der Waals surface area contributed by atoms with Crippen molar-refractivity contribution in [2.45, 2.75) is 49.9 Å². The first-order chi connectivity index (χ1) is 13.6. The monoisotopic (exact) mass is 379 g/mol. The molecule has 1 saturated heterocycles. The molecule has 3 heterocycles. The van der Waals surface area contributed by atoms with E-state index in [1.807, 2.05) is 40.9 Å². The van der Waals surface area contributed by atoms with Gasteiger partial charge < -0.3 is 15.5 Å². The molecule has 7 nitrogen and oxygen atoms in total. The van der Waals surface area contributed by atoms with E-state index in [2.05, 4.69) is 21.8 Å². The third-order valence-corrected chi connectivity index (χ3v) is 6.20. The van der Waals surface area contributed by atoms with Crippen LogP contribution in [0.5, 0.6) is 0 Å². The summed E-state index contributed by atoms with van der Waals surface area (Å²) in [5.74, 6) is -0.120. The van der Waals surface area contributed by atoms with Crippen molar-refractivity contribution in [3.8, 4) is 0 Å². The summed E-state index contributed by atoms with van der Waals surface area (Å²) in [4.78, 5) is 28.0. The van der Waals surface area contributed by atoms with Crippen molar-refractivity contribution in [2.75, 3.05) is 6.54 Å². The average molecular weight is 379 g/mol. The molecule has 1 unspecified atom stereocenters. The van der Waals surface area contributed by atoms with Gasteiger partial charge in [-0.05, 0) is 30.0 Å². The molecule has 2 aromatic rings. The molecule has 2 amide bonds. The van der Waals surface area contributed by atoms with E-state index in [1.54, 1.807) is 6.20 Å². The lowest BCUT2D eigenvalue weighted by atomic mass is 9.89. The van der Waals surface area contributed by atoms with Crippen molar-refractivity contribution in [3.05, 3.63) is 53.3 Å². The lowest BCUT2D eigenvalue weighted by Crippen LogP contribution is -2.45. The summed E-state index contributed by atoms with van der Waals surface area (Å²) in [6.07, 6.45) is 4.19. The predicted octanol–water partition coefficient (Wildman–Crippen LogP) is 1.23. The first-order valence-electron chi connectivity index (χ1n) is 10.0. The second-order valence-corrected chi connectivity index (χ2v) is 8.06. The van der Waals surface area contributed by atoms with Gasteiger partial charge in [0.15, 0.2) is 0 Å². The van der Waals surface area contributed by atoms with Gasteiger partial charge in [-0.15, -0.1) is 0 Å². The summed E-state index contributed by atoms with van der Waals surface area (Å²) in [7, 11) is 1.89. The van der Waals surface area contributed by atoms with Gasteiger partial charge in [0.2, 0.25) is 11.8 Å². The summed E-state index contributed by atoms with van der Waals surface area (Å²) in [6, 6.07) is 9.96. The molecule has 3 aliphatic rings. The van der Waals surface area contributed by atoms with Crippen LogP contribution in [0.4, 0.5) is 0 Å². The lowest BCUT2D eigenvalue weighted by molar-refractivity contribution is -0.129. The number of likely N-dealkylation sites (tertiary alicyclic amines) is 1. The largest absolute Gasteiger partial charge is 0.350 e. The van der Waals surface area contributed by atoms with Crippen LogP contribution in [0.3, 0.4) is 0 Å². The van der Waals surface area contributed by atoms with E-state index in [0.717, 1.165) is 30.6 Å². The Kier molecular flexibility index (Phi) is 4.19. The smallest absolute Gasteiger partial charge is 0.229 e. The van der Waals surface area contributed by atoms with Gasteiger partial charge in [0.1, 0.15) is 0 Å². The Morgan fingerprint density at radius 3 is 2.82 bits per heavy atom. The van der Waals surface area contributed by atoms with Crippen LogP contribution in [0.15, 0.2) is 36.5 Å². The Morgan fingerprint density at radius 1 is 1.25 bits per heavy atom. The number of hydrogen-bond acceptors (Lipinski definition) is 4. The number of aryl methyl sites for hydroxylation is 1. The van der Waals surface area contributed by atoms with Crippen LogP contribution < -0.4 is 10.6 Å². The van der Waals surface area contributed by atoms with Gasteiger partial charge in [-0.25, -0.2) is 0 Å². The van der Waals surface area contributed by atoms with E-state index in [0.29, 0.717) is 19.0 Å². The number of carbonyl (C=O) groups is 2. The quantitative estimate of drug-likeness (QED) is 0.837. The fourth-order valence-electron chi connectivity index (χ4n) is 4.70. The maximum absolute atomic E-state index is 13.2. The number of rotatable bonds is 4.